The fourth-order valence-corrected chi connectivity index (χ4v) is 2.78. The van der Waals surface area contributed by atoms with E-state index in [1.165, 1.54) is 0 Å². The second-order valence-corrected chi connectivity index (χ2v) is 11.9. The number of aliphatic imine (C=N–C) groups is 2. The van der Waals surface area contributed by atoms with Crippen molar-refractivity contribution in [2.45, 2.75) is 27.7 Å². The van der Waals surface area contributed by atoms with Gasteiger partial charge >= 0.3 is 39.6 Å². The van der Waals surface area contributed by atoms with E-state index >= 15 is 0 Å². The molecule has 0 aliphatic heterocycles. The maximum atomic E-state index is 5.79. The van der Waals surface area contributed by atoms with Crippen LogP contribution in [-0.2, 0) is 11.3 Å². The van der Waals surface area contributed by atoms with E-state index in [0.29, 0.717) is 11.5 Å². The molecule has 3 aromatic rings. The van der Waals surface area contributed by atoms with Crippen LogP contribution in [0.15, 0.2) is 62.9 Å². The van der Waals surface area contributed by atoms with E-state index in [1.54, 1.807) is 12.4 Å². The van der Waals surface area contributed by atoms with Gasteiger partial charge in [0, 0.05) is 0 Å². The van der Waals surface area contributed by atoms with Crippen molar-refractivity contribution in [2.24, 2.45) is 9.98 Å². The topological polar surface area (TPSA) is 37.9 Å². The molecule has 0 N–H and O–H groups in total. The van der Waals surface area contributed by atoms with Gasteiger partial charge in [0.25, 0.3) is 0 Å². The zero-order valence-electron chi connectivity index (χ0n) is 16.2. The Kier molecular flexibility index (Phi) is 9.39. The molecule has 0 fully saturated rings. The molecule has 3 nitrogen and oxygen atoms in total. The molecule has 0 aliphatic carbocycles. The Morgan fingerprint density at radius 2 is 1.00 bits per heavy atom. The Morgan fingerprint density at radius 3 is 1.32 bits per heavy atom. The van der Waals surface area contributed by atoms with Gasteiger partial charge in [0.15, 0.2) is 0 Å². The molecule has 1 aromatic heterocycles. The van der Waals surface area contributed by atoms with E-state index in [9.17, 15) is 0 Å². The fourth-order valence-electron chi connectivity index (χ4n) is 2.78. The van der Waals surface area contributed by atoms with Crippen LogP contribution >= 0.6 is 28.2 Å². The molecule has 0 radical (unpaired) electrons. The Hall–Kier alpha value is -1.46. The second kappa shape index (κ2) is 11.5. The average molecular weight is 546 g/mol. The van der Waals surface area contributed by atoms with Gasteiger partial charge in [0.05, 0.1) is 23.8 Å². The Bertz CT molecular complexity index is 864. The summed E-state index contributed by atoms with van der Waals surface area (Å²) in [5.41, 5.74) is 6.59. The third-order valence-electron chi connectivity index (χ3n) is 4.17. The van der Waals surface area contributed by atoms with Gasteiger partial charge in [-0.1, -0.05) is 36.4 Å². The van der Waals surface area contributed by atoms with E-state index in [0.717, 1.165) is 45.0 Å². The number of rotatable bonds is 4. The molecular weight excluding hydrogens is 524 g/mol. The summed E-state index contributed by atoms with van der Waals surface area (Å²) in [5.74, 6) is 1.43. The van der Waals surface area contributed by atoms with Crippen molar-refractivity contribution >= 4 is 52.0 Å². The molecule has 3 rings (SSSR count). The van der Waals surface area contributed by atoms with Gasteiger partial charge in [-0.05, 0) is 62.1 Å². The van der Waals surface area contributed by atoms with Gasteiger partial charge in [-0.25, -0.2) is 0 Å². The van der Waals surface area contributed by atoms with E-state index in [4.69, 9.17) is 4.42 Å². The van der Waals surface area contributed by atoms with Crippen molar-refractivity contribution in [3.8, 4) is 0 Å². The average Bonchev–Trinajstić information content (AvgIpc) is 3.09. The minimum absolute atomic E-state index is 0.714. The Labute approximate surface area is 186 Å². The normalized spacial score (nSPS) is 11.2. The van der Waals surface area contributed by atoms with Gasteiger partial charge in [-0.3, -0.25) is 9.98 Å². The summed E-state index contributed by atoms with van der Waals surface area (Å²) in [6.07, 6.45) is 3.51. The molecule has 28 heavy (non-hydrogen) atoms. The van der Waals surface area contributed by atoms with Crippen molar-refractivity contribution in [2.75, 3.05) is 0 Å². The third-order valence-corrected chi connectivity index (χ3v) is 4.17. The molecule has 0 amide bonds. The molecular formula is C22H22Br2FeN2O. The SMILES string of the molecule is Cc1cccc(C)c1N=Cc1ccc(C=Nc2c(C)cccc2C)o1.[Br][Fe][Br]. The summed E-state index contributed by atoms with van der Waals surface area (Å²) in [5, 5.41) is 0. The number of para-hydroxylation sites is 2. The minimum atomic E-state index is 0.714. The van der Waals surface area contributed by atoms with Crippen LogP contribution in [0.3, 0.4) is 0 Å². The molecule has 0 aliphatic rings. The van der Waals surface area contributed by atoms with Crippen LogP contribution in [0.2, 0.25) is 0 Å². The van der Waals surface area contributed by atoms with Crippen molar-refractivity contribution in [3.63, 3.8) is 0 Å². The number of aryl methyl sites for hydroxylation is 4. The third kappa shape index (κ3) is 6.56. The van der Waals surface area contributed by atoms with Crippen LogP contribution in [0.5, 0.6) is 0 Å². The maximum absolute atomic E-state index is 5.79. The second-order valence-electron chi connectivity index (χ2n) is 6.29. The summed E-state index contributed by atoms with van der Waals surface area (Å²) in [6.45, 7) is 8.24. The van der Waals surface area contributed by atoms with Crippen molar-refractivity contribution < 1.29 is 15.8 Å². The Morgan fingerprint density at radius 1 is 0.679 bits per heavy atom. The first-order valence-electron chi connectivity index (χ1n) is 8.62. The zero-order valence-corrected chi connectivity index (χ0v) is 20.5. The molecule has 0 unspecified atom stereocenters. The van der Waals surface area contributed by atoms with E-state index in [-0.39, 0.29) is 0 Å². The predicted molar refractivity (Wildman–Crippen MR) is 123 cm³/mol. The summed E-state index contributed by atoms with van der Waals surface area (Å²) in [6, 6.07) is 16.1. The molecule has 0 atom stereocenters. The van der Waals surface area contributed by atoms with Crippen LogP contribution in [-0.4, -0.2) is 12.4 Å². The van der Waals surface area contributed by atoms with Crippen LogP contribution in [0.1, 0.15) is 33.8 Å². The molecule has 1 heterocycles. The van der Waals surface area contributed by atoms with Crippen molar-refractivity contribution in [1.29, 1.82) is 0 Å². The van der Waals surface area contributed by atoms with Crippen LogP contribution in [0, 0.1) is 27.7 Å². The summed E-state index contributed by atoms with van der Waals surface area (Å²) in [7, 11) is 0. The number of hydrogen-bond donors (Lipinski definition) is 0. The zero-order chi connectivity index (χ0) is 20.5. The molecule has 6 heteroatoms. The number of nitrogens with zero attached hydrogens (tertiary/aromatic N) is 2. The first-order chi connectivity index (χ1) is 13.5. The number of hydrogen-bond acceptors (Lipinski definition) is 3. The molecule has 0 saturated heterocycles. The molecule has 0 spiro atoms. The predicted octanol–water partition coefficient (Wildman–Crippen LogP) is 7.70. The van der Waals surface area contributed by atoms with Crippen LogP contribution < -0.4 is 0 Å². The Balaban J connectivity index is 0.000000878. The molecule has 0 bridgehead atoms. The quantitative estimate of drug-likeness (QED) is 0.244. The van der Waals surface area contributed by atoms with Gasteiger partial charge in [0.1, 0.15) is 11.5 Å². The summed E-state index contributed by atoms with van der Waals surface area (Å²) < 4.78 is 5.79. The van der Waals surface area contributed by atoms with Gasteiger partial charge < -0.3 is 4.42 Å². The number of halogens is 2. The number of benzene rings is 2. The molecule has 0 saturated carbocycles. The molecule has 148 valence electrons. The van der Waals surface area contributed by atoms with Gasteiger partial charge in [-0.2, -0.15) is 0 Å². The fraction of sp³-hybridized carbons (Fsp3) is 0.182. The van der Waals surface area contributed by atoms with Crippen LogP contribution in [0.4, 0.5) is 11.4 Å². The van der Waals surface area contributed by atoms with Crippen molar-refractivity contribution in [1.82, 2.24) is 0 Å². The van der Waals surface area contributed by atoms with E-state index in [2.05, 4.69) is 90.2 Å². The van der Waals surface area contributed by atoms with Gasteiger partial charge in [0.2, 0.25) is 0 Å². The first kappa shape index (κ1) is 22.8. The summed E-state index contributed by atoms with van der Waals surface area (Å²) >= 11 is 7.00. The standard InChI is InChI=1S/C22H22N2O.2BrH.Fe/c1-15-7-5-8-16(2)21(15)23-13-19-11-12-20(25-19)14-24-22-17(3)9-6-10-18(22)4;;;/h5-14H,1-4H3;2*1H;/q;;;+2/p-2. The van der Waals surface area contributed by atoms with Gasteiger partial charge in [-0.15, -0.1) is 0 Å². The monoisotopic (exact) mass is 544 g/mol. The number of furan rings is 1. The van der Waals surface area contributed by atoms with Crippen LogP contribution in [0.25, 0.3) is 0 Å². The van der Waals surface area contributed by atoms with E-state index in [1.807, 2.05) is 24.3 Å². The van der Waals surface area contributed by atoms with Crippen molar-refractivity contribution in [3.05, 3.63) is 82.3 Å². The summed E-state index contributed by atoms with van der Waals surface area (Å²) in [4.78, 5) is 9.14. The molecule has 2 aromatic carbocycles. The first-order valence-corrected chi connectivity index (χ1v) is 14.1. The van der Waals surface area contributed by atoms with E-state index < -0.39 is 0 Å².